The first-order valence-electron chi connectivity index (χ1n) is 8.94. The highest BCUT2D eigenvalue weighted by molar-refractivity contribution is 7.13. The van der Waals surface area contributed by atoms with Crippen LogP contribution in [0.2, 0.25) is 0 Å². The Morgan fingerprint density at radius 2 is 2.08 bits per heavy atom. The molecule has 1 aliphatic rings. The van der Waals surface area contributed by atoms with Gasteiger partial charge in [-0.1, -0.05) is 13.3 Å². The summed E-state index contributed by atoms with van der Waals surface area (Å²) in [5, 5.41) is 6.22. The number of hydrogen-bond acceptors (Lipinski definition) is 5. The Morgan fingerprint density at radius 3 is 2.72 bits per heavy atom. The van der Waals surface area contributed by atoms with Crippen molar-refractivity contribution < 1.29 is 9.53 Å². The Bertz CT molecular complexity index is 650. The molecule has 3 rings (SSSR count). The van der Waals surface area contributed by atoms with Crippen LogP contribution in [0, 0.1) is 0 Å². The number of nitrogens with zero attached hydrogens (tertiary/aromatic N) is 2. The molecule has 1 aromatic carbocycles. The molecule has 25 heavy (non-hydrogen) atoms. The SMILES string of the molecule is CCCCOc1ccc(C(=O)NC2CCN(c3nccs3)CC2)cc1. The Morgan fingerprint density at radius 1 is 1.32 bits per heavy atom. The summed E-state index contributed by atoms with van der Waals surface area (Å²) < 4.78 is 5.64. The van der Waals surface area contributed by atoms with E-state index in [-0.39, 0.29) is 11.9 Å². The normalized spacial score (nSPS) is 15.2. The van der Waals surface area contributed by atoms with Crippen LogP contribution in [0.5, 0.6) is 5.75 Å². The van der Waals surface area contributed by atoms with Crippen LogP contribution >= 0.6 is 11.3 Å². The van der Waals surface area contributed by atoms with E-state index in [1.54, 1.807) is 11.3 Å². The van der Waals surface area contributed by atoms with Crippen molar-refractivity contribution in [1.82, 2.24) is 10.3 Å². The third-order valence-electron chi connectivity index (χ3n) is 4.40. The highest BCUT2D eigenvalue weighted by Crippen LogP contribution is 2.22. The van der Waals surface area contributed by atoms with Crippen molar-refractivity contribution in [2.75, 3.05) is 24.6 Å². The van der Waals surface area contributed by atoms with Gasteiger partial charge < -0.3 is 15.0 Å². The molecule has 2 aromatic rings. The molecule has 0 atom stereocenters. The monoisotopic (exact) mass is 359 g/mol. The van der Waals surface area contributed by atoms with Gasteiger partial charge in [-0.2, -0.15) is 0 Å². The fourth-order valence-corrected chi connectivity index (χ4v) is 3.59. The van der Waals surface area contributed by atoms with Crippen molar-refractivity contribution in [3.8, 4) is 5.75 Å². The second-order valence-corrected chi connectivity index (χ2v) is 7.15. The summed E-state index contributed by atoms with van der Waals surface area (Å²) >= 11 is 1.67. The largest absolute Gasteiger partial charge is 0.494 e. The molecule has 0 saturated carbocycles. The molecule has 1 saturated heterocycles. The van der Waals surface area contributed by atoms with E-state index in [0.717, 1.165) is 56.3 Å². The van der Waals surface area contributed by atoms with E-state index in [2.05, 4.69) is 22.1 Å². The molecule has 1 aromatic heterocycles. The summed E-state index contributed by atoms with van der Waals surface area (Å²) in [7, 11) is 0. The van der Waals surface area contributed by atoms with Gasteiger partial charge in [0.05, 0.1) is 6.61 Å². The smallest absolute Gasteiger partial charge is 0.251 e. The lowest BCUT2D eigenvalue weighted by Crippen LogP contribution is -2.44. The fourth-order valence-electron chi connectivity index (χ4n) is 2.89. The van der Waals surface area contributed by atoms with Crippen LogP contribution < -0.4 is 15.0 Å². The summed E-state index contributed by atoms with van der Waals surface area (Å²) in [5.74, 6) is 0.814. The first-order valence-corrected chi connectivity index (χ1v) is 9.82. The molecule has 134 valence electrons. The standard InChI is InChI=1S/C19H25N3O2S/c1-2-3-13-24-17-6-4-15(5-7-17)18(23)21-16-8-11-22(12-9-16)19-20-10-14-25-19/h4-7,10,14,16H,2-3,8-9,11-13H2,1H3,(H,21,23). The molecule has 0 bridgehead atoms. The highest BCUT2D eigenvalue weighted by Gasteiger charge is 2.22. The predicted molar refractivity (Wildman–Crippen MR) is 102 cm³/mol. The number of benzene rings is 1. The van der Waals surface area contributed by atoms with E-state index in [0.29, 0.717) is 5.56 Å². The van der Waals surface area contributed by atoms with Gasteiger partial charge in [0, 0.05) is 36.3 Å². The van der Waals surface area contributed by atoms with Crippen LogP contribution in [0.4, 0.5) is 5.13 Å². The number of anilines is 1. The summed E-state index contributed by atoms with van der Waals surface area (Å²) in [4.78, 5) is 19.1. The molecule has 0 aliphatic carbocycles. The number of carbonyl (C=O) groups excluding carboxylic acids is 1. The quantitative estimate of drug-likeness (QED) is 0.766. The number of piperidine rings is 1. The number of nitrogens with one attached hydrogen (secondary N) is 1. The molecule has 0 spiro atoms. The van der Waals surface area contributed by atoms with Gasteiger partial charge in [0.25, 0.3) is 5.91 Å². The molecule has 6 heteroatoms. The van der Waals surface area contributed by atoms with Gasteiger partial charge in [-0.3, -0.25) is 4.79 Å². The number of amides is 1. The van der Waals surface area contributed by atoms with E-state index in [1.807, 2.05) is 35.8 Å². The Kier molecular flexibility index (Phi) is 6.28. The van der Waals surface area contributed by atoms with Gasteiger partial charge in [0.1, 0.15) is 5.75 Å². The zero-order chi connectivity index (χ0) is 17.5. The van der Waals surface area contributed by atoms with Crippen LogP contribution in [0.3, 0.4) is 0 Å². The third kappa shape index (κ3) is 4.95. The zero-order valence-electron chi connectivity index (χ0n) is 14.6. The number of ether oxygens (including phenoxy) is 1. The average Bonchev–Trinajstić information content (AvgIpc) is 3.18. The van der Waals surface area contributed by atoms with E-state index >= 15 is 0 Å². The zero-order valence-corrected chi connectivity index (χ0v) is 15.4. The maximum absolute atomic E-state index is 12.4. The fraction of sp³-hybridized carbons (Fsp3) is 0.474. The van der Waals surface area contributed by atoms with Crippen LogP contribution in [-0.4, -0.2) is 36.6 Å². The summed E-state index contributed by atoms with van der Waals surface area (Å²) in [6.45, 7) is 4.73. The number of unbranched alkanes of at least 4 members (excludes halogenated alkanes) is 1. The van der Waals surface area contributed by atoms with Crippen molar-refractivity contribution in [2.45, 2.75) is 38.6 Å². The lowest BCUT2D eigenvalue weighted by Gasteiger charge is -2.32. The van der Waals surface area contributed by atoms with Crippen LogP contribution in [0.15, 0.2) is 35.8 Å². The first kappa shape index (κ1) is 17.7. The maximum Gasteiger partial charge on any atom is 0.251 e. The number of thiazole rings is 1. The minimum absolute atomic E-state index is 0.00666. The predicted octanol–water partition coefficient (Wildman–Crippen LogP) is 3.72. The summed E-state index contributed by atoms with van der Waals surface area (Å²) in [5.41, 5.74) is 0.685. The minimum Gasteiger partial charge on any atom is -0.494 e. The first-order chi connectivity index (χ1) is 12.3. The van der Waals surface area contributed by atoms with Crippen LogP contribution in [0.25, 0.3) is 0 Å². The van der Waals surface area contributed by atoms with Gasteiger partial charge in [0.2, 0.25) is 0 Å². The average molecular weight is 359 g/mol. The summed E-state index contributed by atoms with van der Waals surface area (Å²) in [6.07, 6.45) is 5.89. The van der Waals surface area contributed by atoms with Gasteiger partial charge in [-0.05, 0) is 43.5 Å². The number of aromatic nitrogens is 1. The van der Waals surface area contributed by atoms with Crippen molar-refractivity contribution in [3.63, 3.8) is 0 Å². The van der Waals surface area contributed by atoms with Gasteiger partial charge in [-0.25, -0.2) is 4.98 Å². The molecule has 0 radical (unpaired) electrons. The van der Waals surface area contributed by atoms with Gasteiger partial charge >= 0.3 is 0 Å². The molecular weight excluding hydrogens is 334 g/mol. The Labute approximate surface area is 153 Å². The van der Waals surface area contributed by atoms with E-state index in [1.165, 1.54) is 0 Å². The second kappa shape index (κ2) is 8.85. The van der Waals surface area contributed by atoms with Crippen molar-refractivity contribution in [2.24, 2.45) is 0 Å². The Balaban J connectivity index is 1.46. The lowest BCUT2D eigenvalue weighted by atomic mass is 10.0. The van der Waals surface area contributed by atoms with Gasteiger partial charge in [0.15, 0.2) is 5.13 Å². The molecule has 1 aliphatic heterocycles. The number of rotatable bonds is 7. The van der Waals surface area contributed by atoms with Crippen molar-refractivity contribution in [1.29, 1.82) is 0 Å². The van der Waals surface area contributed by atoms with Crippen molar-refractivity contribution in [3.05, 3.63) is 41.4 Å². The third-order valence-corrected chi connectivity index (χ3v) is 5.24. The van der Waals surface area contributed by atoms with Gasteiger partial charge in [-0.15, -0.1) is 11.3 Å². The highest BCUT2D eigenvalue weighted by atomic mass is 32.1. The Hall–Kier alpha value is -2.08. The van der Waals surface area contributed by atoms with Crippen molar-refractivity contribution >= 4 is 22.4 Å². The molecule has 1 N–H and O–H groups in total. The number of hydrogen-bond donors (Lipinski definition) is 1. The molecule has 1 fully saturated rings. The second-order valence-electron chi connectivity index (χ2n) is 6.28. The van der Waals surface area contributed by atoms with Crippen LogP contribution in [0.1, 0.15) is 43.0 Å². The maximum atomic E-state index is 12.4. The molecular formula is C19H25N3O2S. The summed E-state index contributed by atoms with van der Waals surface area (Å²) in [6, 6.07) is 7.64. The molecule has 2 heterocycles. The minimum atomic E-state index is -0.00666. The lowest BCUT2D eigenvalue weighted by molar-refractivity contribution is 0.0931. The topological polar surface area (TPSA) is 54.5 Å². The van der Waals surface area contributed by atoms with Crippen LogP contribution in [-0.2, 0) is 0 Å². The molecule has 5 nitrogen and oxygen atoms in total. The van der Waals surface area contributed by atoms with E-state index in [9.17, 15) is 4.79 Å². The molecule has 0 unspecified atom stereocenters. The van der Waals surface area contributed by atoms with E-state index in [4.69, 9.17) is 4.74 Å². The van der Waals surface area contributed by atoms with E-state index < -0.39 is 0 Å². The number of carbonyl (C=O) groups is 1. The molecule has 1 amide bonds.